The largest absolute Gasteiger partial charge is 0.480 e. The minimum absolute atomic E-state index is 0.0177. The van der Waals surface area contributed by atoms with E-state index in [1.165, 1.54) is 52.3 Å². The summed E-state index contributed by atoms with van der Waals surface area (Å²) in [5, 5.41) is 2.29. The lowest BCUT2D eigenvalue weighted by Crippen LogP contribution is -2.57. The summed E-state index contributed by atoms with van der Waals surface area (Å²) in [5.41, 5.74) is 8.72. The zero-order chi connectivity index (χ0) is 46.7. The summed E-state index contributed by atoms with van der Waals surface area (Å²) in [6.07, 6.45) is 0. The second-order valence-corrected chi connectivity index (χ2v) is 18.2. The molecule has 3 N–H and O–H groups in total. The van der Waals surface area contributed by atoms with Crippen molar-refractivity contribution >= 4 is 91.4 Å². The van der Waals surface area contributed by atoms with Crippen LogP contribution in [0.2, 0.25) is 0 Å². The van der Waals surface area contributed by atoms with Gasteiger partial charge < -0.3 is 30.3 Å². The molecule has 63 heavy (non-hydrogen) atoms. The Morgan fingerprint density at radius 3 is 1.46 bits per heavy atom. The van der Waals surface area contributed by atoms with Crippen LogP contribution in [0.25, 0.3) is 0 Å². The fourth-order valence-electron chi connectivity index (χ4n) is 7.19. The van der Waals surface area contributed by atoms with Crippen molar-refractivity contribution < 1.29 is 37.4 Å². The summed E-state index contributed by atoms with van der Waals surface area (Å²) in [4.78, 5) is 64.0. The van der Waals surface area contributed by atoms with Crippen LogP contribution in [0.5, 0.6) is 11.8 Å². The Morgan fingerprint density at radius 2 is 1.08 bits per heavy atom. The van der Waals surface area contributed by atoms with E-state index >= 15 is 0 Å². The van der Waals surface area contributed by atoms with Crippen molar-refractivity contribution in [2.24, 2.45) is 0 Å². The first kappa shape index (κ1) is 51.4. The molecule has 0 unspecified atom stereocenters. The second-order valence-electron chi connectivity index (χ2n) is 15.4. The molecule has 14 nitrogen and oxygen atoms in total. The minimum Gasteiger partial charge on any atom is -0.480 e. The summed E-state index contributed by atoms with van der Waals surface area (Å²) < 4.78 is 38.3. The fourth-order valence-corrected chi connectivity index (χ4v) is 8.19. The van der Waals surface area contributed by atoms with E-state index in [9.17, 15) is 28.0 Å². The number of methoxy groups -OCH3 is 2. The maximum Gasteiger partial charge on any atom is 0.259 e. The van der Waals surface area contributed by atoms with Gasteiger partial charge in [0.15, 0.2) is 0 Å². The number of hydrogen-bond donors (Lipinski definition) is 2. The number of pyridine rings is 2. The van der Waals surface area contributed by atoms with Gasteiger partial charge in [0, 0.05) is 77.3 Å². The second kappa shape index (κ2) is 23.6. The Bertz CT molecular complexity index is 2240. The van der Waals surface area contributed by atoms with Crippen molar-refractivity contribution in [3.05, 3.63) is 102 Å². The standard InChI is InChI=1S/C22H26FIN4O3.C20H24FIN4O2.C2H3ClO/c1-13-11-28(14(2)10-27(13)12-16-5-7-17(23)8-6-16)22(30)18-9-19(24)20(25-15(3)29)26-21(18)31-4;1-12-10-26(20(27)16-8-17(22)18(23)24-19(16)28-3)13(2)9-25(12)11-14-4-6-15(21)7-5-14;1-2(3)4/h5-9,13-14H,10-12H2,1-4H3,(H,25,26,29);4-8,12-13H,9-11H2,1-3H3,(H2,23,24);1H3/t13-,14+;12-,13+;/m00./s1. The van der Waals surface area contributed by atoms with Gasteiger partial charge in [0.1, 0.15) is 34.4 Å². The van der Waals surface area contributed by atoms with Crippen molar-refractivity contribution in [1.82, 2.24) is 29.6 Å². The first-order valence-electron chi connectivity index (χ1n) is 20.0. The van der Waals surface area contributed by atoms with E-state index in [1.54, 1.807) is 36.4 Å². The number of ether oxygens (including phenoxy) is 2. The molecule has 4 heterocycles. The molecular weight excluding hydrogens is 1060 g/mol. The third-order valence-corrected chi connectivity index (χ3v) is 12.1. The van der Waals surface area contributed by atoms with Gasteiger partial charge in [0.25, 0.3) is 11.8 Å². The van der Waals surface area contributed by atoms with Crippen LogP contribution in [-0.4, -0.2) is 117 Å². The summed E-state index contributed by atoms with van der Waals surface area (Å²) in [7, 11) is 2.94. The van der Waals surface area contributed by atoms with Crippen LogP contribution in [0.4, 0.5) is 20.4 Å². The number of amides is 3. The predicted octanol–water partition coefficient (Wildman–Crippen LogP) is 7.45. The molecule has 340 valence electrons. The van der Waals surface area contributed by atoms with E-state index in [1.807, 2.05) is 46.2 Å². The molecule has 2 aliphatic heterocycles. The number of aromatic nitrogens is 2. The quantitative estimate of drug-likeness (QED) is 0.127. The van der Waals surface area contributed by atoms with Crippen LogP contribution in [0.15, 0.2) is 60.7 Å². The lowest BCUT2D eigenvalue weighted by atomic mass is 10.0. The highest BCUT2D eigenvalue weighted by atomic mass is 127. The molecule has 4 aromatic rings. The van der Waals surface area contributed by atoms with E-state index in [-0.39, 0.29) is 70.5 Å². The average Bonchev–Trinajstić information content (AvgIpc) is 3.22. The van der Waals surface area contributed by atoms with Crippen LogP contribution < -0.4 is 20.5 Å². The molecule has 2 aliphatic rings. The summed E-state index contributed by atoms with van der Waals surface area (Å²) in [6.45, 7) is 14.9. The van der Waals surface area contributed by atoms with Crippen LogP contribution in [-0.2, 0) is 22.7 Å². The predicted molar refractivity (Wildman–Crippen MR) is 256 cm³/mol. The maximum atomic E-state index is 13.4. The van der Waals surface area contributed by atoms with Crippen LogP contribution in [0, 0.1) is 18.8 Å². The van der Waals surface area contributed by atoms with Crippen molar-refractivity contribution in [2.75, 3.05) is 51.4 Å². The van der Waals surface area contributed by atoms with Gasteiger partial charge in [0.05, 0.1) is 21.4 Å². The van der Waals surface area contributed by atoms with E-state index in [2.05, 4.69) is 73.1 Å². The number of anilines is 2. The van der Waals surface area contributed by atoms with Crippen LogP contribution in [0.3, 0.4) is 0 Å². The van der Waals surface area contributed by atoms with Gasteiger partial charge in [-0.1, -0.05) is 24.3 Å². The third-order valence-electron chi connectivity index (χ3n) is 10.4. The van der Waals surface area contributed by atoms with Gasteiger partial charge >= 0.3 is 0 Å². The topological polar surface area (TPSA) is 164 Å². The zero-order valence-electron chi connectivity index (χ0n) is 36.4. The third kappa shape index (κ3) is 14.4. The highest BCUT2D eigenvalue weighted by molar-refractivity contribution is 14.1. The van der Waals surface area contributed by atoms with Gasteiger partial charge in [0.2, 0.25) is 22.9 Å². The number of carbonyl (C=O) groups excluding carboxylic acids is 4. The number of piperazine rings is 2. The maximum absolute atomic E-state index is 13.4. The summed E-state index contributed by atoms with van der Waals surface area (Å²) in [6, 6.07) is 16.8. The normalized spacial score (nSPS) is 18.9. The number of hydrogen-bond acceptors (Lipinski definition) is 11. The van der Waals surface area contributed by atoms with Gasteiger partial charge in [-0.25, -0.2) is 8.78 Å². The number of nitrogens with zero attached hydrogens (tertiary/aromatic N) is 6. The van der Waals surface area contributed by atoms with E-state index in [4.69, 9.17) is 15.2 Å². The number of rotatable bonds is 9. The number of nitrogens with one attached hydrogen (secondary N) is 1. The summed E-state index contributed by atoms with van der Waals surface area (Å²) >= 11 is 8.75. The number of nitrogens with two attached hydrogens (primary N) is 1. The van der Waals surface area contributed by atoms with Crippen molar-refractivity contribution in [3.63, 3.8) is 0 Å². The molecule has 0 aliphatic carbocycles. The molecule has 2 aromatic carbocycles. The lowest BCUT2D eigenvalue weighted by molar-refractivity contribution is -0.114. The molecular formula is C44H53ClF2I2N8O6. The fraction of sp³-hybridized carbons (Fsp3) is 0.409. The van der Waals surface area contributed by atoms with Gasteiger partial charge in [-0.15, -0.1) is 0 Å². The van der Waals surface area contributed by atoms with Gasteiger partial charge in [-0.2, -0.15) is 9.97 Å². The number of carbonyl (C=O) groups is 4. The van der Waals surface area contributed by atoms with Gasteiger partial charge in [-0.3, -0.25) is 29.0 Å². The smallest absolute Gasteiger partial charge is 0.259 e. The van der Waals surface area contributed by atoms with Crippen molar-refractivity contribution in [1.29, 1.82) is 0 Å². The summed E-state index contributed by atoms with van der Waals surface area (Å²) in [5.74, 6) is 0.154. The minimum atomic E-state index is -0.361. The van der Waals surface area contributed by atoms with Gasteiger partial charge in [-0.05, 0) is 132 Å². The Balaban J connectivity index is 0.000000256. The Morgan fingerprint density at radius 1 is 0.698 bits per heavy atom. The molecule has 2 fully saturated rings. The molecule has 6 rings (SSSR count). The number of benzene rings is 2. The molecule has 19 heteroatoms. The molecule has 0 radical (unpaired) electrons. The first-order chi connectivity index (χ1) is 29.7. The monoisotopic (exact) mass is 1120 g/mol. The zero-order valence-corrected chi connectivity index (χ0v) is 41.5. The van der Waals surface area contributed by atoms with Crippen molar-refractivity contribution in [2.45, 2.75) is 78.8 Å². The van der Waals surface area contributed by atoms with E-state index in [0.717, 1.165) is 27.8 Å². The molecule has 0 saturated carbocycles. The molecule has 2 saturated heterocycles. The van der Waals surface area contributed by atoms with Crippen molar-refractivity contribution in [3.8, 4) is 11.8 Å². The van der Waals surface area contributed by atoms with Crippen LogP contribution >= 0.6 is 56.8 Å². The van der Waals surface area contributed by atoms with E-state index in [0.29, 0.717) is 52.5 Å². The molecule has 4 atom stereocenters. The number of halogens is 5. The number of nitrogen functional groups attached to an aromatic ring is 1. The SMILES string of the molecule is CC(=O)Cl.COc1nc(N)c(I)cc1C(=O)N1C[C@H](C)N(Cc2ccc(F)cc2)C[C@H]1C.COc1nc(NC(C)=O)c(I)cc1C(=O)N1C[C@H](C)N(Cc2ccc(F)cc2)C[C@H]1C. The molecule has 0 spiro atoms. The Hall–Kier alpha value is -4.25. The Kier molecular flexibility index (Phi) is 19.3. The molecule has 3 amide bonds. The molecule has 2 aromatic heterocycles. The Labute approximate surface area is 399 Å². The van der Waals surface area contributed by atoms with E-state index < -0.39 is 0 Å². The first-order valence-corrected chi connectivity index (χ1v) is 22.5. The highest BCUT2D eigenvalue weighted by Crippen LogP contribution is 2.30. The average molecular weight is 1120 g/mol. The molecule has 0 bridgehead atoms. The lowest BCUT2D eigenvalue weighted by Gasteiger charge is -2.44. The van der Waals surface area contributed by atoms with Crippen LogP contribution in [0.1, 0.15) is 73.4 Å². The highest BCUT2D eigenvalue weighted by Gasteiger charge is 2.36.